The van der Waals surface area contributed by atoms with E-state index in [0.717, 1.165) is 25.7 Å². The average Bonchev–Trinajstić information content (AvgIpc) is 3.01. The Morgan fingerprint density at radius 1 is 1.29 bits per heavy atom. The fourth-order valence-corrected chi connectivity index (χ4v) is 2.31. The molecule has 1 aliphatic carbocycles. The molecule has 0 spiro atoms. The maximum absolute atomic E-state index is 6.32. The van der Waals surface area contributed by atoms with Gasteiger partial charge in [0.25, 0.3) is 0 Å². The zero-order valence-corrected chi connectivity index (χ0v) is 9.52. The molecule has 0 radical (unpaired) electrons. The van der Waals surface area contributed by atoms with Crippen LogP contribution in [0.25, 0.3) is 11.6 Å². The second-order valence-corrected chi connectivity index (χ2v) is 4.58. The minimum atomic E-state index is -0.448. The van der Waals surface area contributed by atoms with Gasteiger partial charge >= 0.3 is 0 Å². The van der Waals surface area contributed by atoms with Gasteiger partial charge in [-0.2, -0.15) is 4.98 Å². The van der Waals surface area contributed by atoms with Crippen molar-refractivity contribution in [3.05, 3.63) is 18.3 Å². The first-order valence-electron chi connectivity index (χ1n) is 5.91. The molecule has 1 fully saturated rings. The molecule has 2 aromatic heterocycles. The highest BCUT2D eigenvalue weighted by molar-refractivity contribution is 5.41. The van der Waals surface area contributed by atoms with Gasteiger partial charge in [-0.05, 0) is 12.8 Å². The Kier molecular flexibility index (Phi) is 2.44. The van der Waals surface area contributed by atoms with Gasteiger partial charge in [0, 0.05) is 12.4 Å². The van der Waals surface area contributed by atoms with Gasteiger partial charge in [0.05, 0.1) is 5.54 Å². The summed E-state index contributed by atoms with van der Waals surface area (Å²) in [5, 5.41) is 3.92. The van der Waals surface area contributed by atoms with Crippen molar-refractivity contribution in [2.75, 3.05) is 0 Å². The monoisotopic (exact) mass is 233 g/mol. The average molecular weight is 233 g/mol. The van der Waals surface area contributed by atoms with Crippen molar-refractivity contribution >= 4 is 0 Å². The number of imidazole rings is 1. The molecule has 0 unspecified atom stereocenters. The molecular formula is C11H15N5O. The molecule has 1 aliphatic rings. The number of aromatic nitrogens is 4. The molecule has 0 aromatic carbocycles. The lowest BCUT2D eigenvalue weighted by Gasteiger charge is -2.29. The molecule has 0 bridgehead atoms. The fourth-order valence-electron chi connectivity index (χ4n) is 2.31. The maximum Gasteiger partial charge on any atom is 0.247 e. The number of nitrogens with zero attached hydrogens (tertiary/aromatic N) is 3. The van der Waals surface area contributed by atoms with E-state index < -0.39 is 5.54 Å². The molecule has 2 heterocycles. The predicted octanol–water partition coefficient (Wildman–Crippen LogP) is 1.58. The van der Waals surface area contributed by atoms with Crippen LogP contribution in [-0.2, 0) is 5.54 Å². The highest BCUT2D eigenvalue weighted by atomic mass is 16.5. The molecule has 6 nitrogen and oxygen atoms in total. The van der Waals surface area contributed by atoms with Gasteiger partial charge in [0.2, 0.25) is 11.7 Å². The van der Waals surface area contributed by atoms with E-state index in [9.17, 15) is 0 Å². The van der Waals surface area contributed by atoms with Gasteiger partial charge in [-0.3, -0.25) is 0 Å². The molecule has 0 atom stereocenters. The summed E-state index contributed by atoms with van der Waals surface area (Å²) in [4.78, 5) is 11.4. The molecule has 90 valence electrons. The van der Waals surface area contributed by atoms with Crippen LogP contribution < -0.4 is 5.73 Å². The summed E-state index contributed by atoms with van der Waals surface area (Å²) in [6.45, 7) is 0. The van der Waals surface area contributed by atoms with Gasteiger partial charge in [-0.1, -0.05) is 24.4 Å². The number of rotatable bonds is 2. The van der Waals surface area contributed by atoms with E-state index in [1.54, 1.807) is 12.4 Å². The van der Waals surface area contributed by atoms with Gasteiger partial charge in [-0.25, -0.2) is 4.98 Å². The largest absolute Gasteiger partial charge is 0.342 e. The zero-order chi connectivity index (χ0) is 11.7. The highest BCUT2D eigenvalue weighted by Crippen LogP contribution is 2.34. The number of hydrogen-bond donors (Lipinski definition) is 2. The number of hydrogen-bond acceptors (Lipinski definition) is 5. The van der Waals surface area contributed by atoms with Gasteiger partial charge < -0.3 is 15.2 Å². The summed E-state index contributed by atoms with van der Waals surface area (Å²) >= 11 is 0. The van der Waals surface area contributed by atoms with E-state index in [1.807, 2.05) is 0 Å². The van der Waals surface area contributed by atoms with Gasteiger partial charge in [0.1, 0.15) is 0 Å². The Bertz CT molecular complexity index is 484. The molecule has 0 aliphatic heterocycles. The zero-order valence-electron chi connectivity index (χ0n) is 9.52. The van der Waals surface area contributed by atoms with Crippen molar-refractivity contribution < 1.29 is 4.52 Å². The van der Waals surface area contributed by atoms with Gasteiger partial charge in [0.15, 0.2) is 5.82 Å². The highest BCUT2D eigenvalue weighted by Gasteiger charge is 2.35. The van der Waals surface area contributed by atoms with Crippen molar-refractivity contribution in [1.29, 1.82) is 0 Å². The molecule has 6 heteroatoms. The van der Waals surface area contributed by atoms with Gasteiger partial charge in [-0.15, -0.1) is 0 Å². The predicted molar refractivity (Wildman–Crippen MR) is 60.8 cm³/mol. The minimum Gasteiger partial charge on any atom is -0.342 e. The first kappa shape index (κ1) is 10.5. The Morgan fingerprint density at radius 3 is 2.82 bits per heavy atom. The molecule has 2 aromatic rings. The molecule has 3 N–H and O–H groups in total. The summed E-state index contributed by atoms with van der Waals surface area (Å²) in [5.41, 5.74) is 5.87. The molecule has 1 saturated carbocycles. The molecule has 3 rings (SSSR count). The summed E-state index contributed by atoms with van der Waals surface area (Å²) in [6, 6.07) is 0. The van der Waals surface area contributed by atoms with Crippen LogP contribution in [0.2, 0.25) is 0 Å². The van der Waals surface area contributed by atoms with Crippen LogP contribution >= 0.6 is 0 Å². The van der Waals surface area contributed by atoms with E-state index in [-0.39, 0.29) is 0 Å². The third-order valence-corrected chi connectivity index (χ3v) is 3.31. The molecule has 0 saturated heterocycles. The van der Waals surface area contributed by atoms with E-state index >= 15 is 0 Å². The lowest BCUT2D eigenvalue weighted by Crippen LogP contribution is -2.38. The van der Waals surface area contributed by atoms with Crippen LogP contribution in [0.4, 0.5) is 0 Å². The fraction of sp³-hybridized carbons (Fsp3) is 0.545. The number of nitrogens with one attached hydrogen (secondary N) is 1. The third kappa shape index (κ3) is 1.84. The van der Waals surface area contributed by atoms with Crippen LogP contribution in [-0.4, -0.2) is 20.1 Å². The maximum atomic E-state index is 6.32. The van der Waals surface area contributed by atoms with E-state index in [1.165, 1.54) is 6.42 Å². The molecular weight excluding hydrogens is 218 g/mol. The van der Waals surface area contributed by atoms with E-state index in [2.05, 4.69) is 20.1 Å². The quantitative estimate of drug-likeness (QED) is 0.821. The van der Waals surface area contributed by atoms with Crippen molar-refractivity contribution in [3.8, 4) is 11.6 Å². The Balaban J connectivity index is 1.89. The van der Waals surface area contributed by atoms with Crippen molar-refractivity contribution in [1.82, 2.24) is 20.1 Å². The summed E-state index contributed by atoms with van der Waals surface area (Å²) in [7, 11) is 0. The first-order chi connectivity index (χ1) is 8.28. The molecule has 17 heavy (non-hydrogen) atoms. The van der Waals surface area contributed by atoms with E-state index in [4.69, 9.17) is 10.3 Å². The van der Waals surface area contributed by atoms with Crippen LogP contribution in [0, 0.1) is 0 Å². The van der Waals surface area contributed by atoms with Crippen molar-refractivity contribution in [3.63, 3.8) is 0 Å². The minimum absolute atomic E-state index is 0.448. The lowest BCUT2D eigenvalue weighted by atomic mass is 9.82. The van der Waals surface area contributed by atoms with Crippen LogP contribution in [0.3, 0.4) is 0 Å². The second kappa shape index (κ2) is 3.96. The third-order valence-electron chi connectivity index (χ3n) is 3.31. The standard InChI is InChI=1S/C11H15N5O/c12-11(4-2-1-3-5-11)10-15-9(16-17-10)8-13-6-7-14-8/h6-7H,1-5,12H2,(H,13,14). The smallest absolute Gasteiger partial charge is 0.247 e. The molecule has 0 amide bonds. The summed E-state index contributed by atoms with van der Waals surface area (Å²) < 4.78 is 5.28. The second-order valence-electron chi connectivity index (χ2n) is 4.58. The van der Waals surface area contributed by atoms with Crippen LogP contribution in [0.5, 0.6) is 0 Å². The van der Waals surface area contributed by atoms with E-state index in [0.29, 0.717) is 17.5 Å². The van der Waals surface area contributed by atoms with Crippen molar-refractivity contribution in [2.24, 2.45) is 5.73 Å². The number of H-pyrrole nitrogens is 1. The first-order valence-corrected chi connectivity index (χ1v) is 5.91. The number of nitrogens with two attached hydrogens (primary N) is 1. The van der Waals surface area contributed by atoms with Crippen LogP contribution in [0.15, 0.2) is 16.9 Å². The van der Waals surface area contributed by atoms with Crippen LogP contribution in [0.1, 0.15) is 38.0 Å². The Morgan fingerprint density at radius 2 is 2.12 bits per heavy atom. The van der Waals surface area contributed by atoms with Crippen molar-refractivity contribution in [2.45, 2.75) is 37.6 Å². The Hall–Kier alpha value is -1.69. The Labute approximate surface area is 98.6 Å². The summed E-state index contributed by atoms with van der Waals surface area (Å²) in [6.07, 6.45) is 8.68. The SMILES string of the molecule is NC1(c2nc(-c3ncc[nH]3)no2)CCCCC1. The lowest BCUT2D eigenvalue weighted by molar-refractivity contribution is 0.220. The number of aromatic amines is 1. The normalized spacial score (nSPS) is 19.4. The topological polar surface area (TPSA) is 93.6 Å². The summed E-state index contributed by atoms with van der Waals surface area (Å²) in [5.74, 6) is 1.61.